The SMILES string of the molecule is CC(C)C(N)C(=O)N1CCCC1C(=O)NC(CCCN=C(N)N)C(=O)NCC(=O)O. The van der Waals surface area contributed by atoms with Gasteiger partial charge in [0.25, 0.3) is 0 Å². The number of aliphatic imine (C=N–C) groups is 1. The standard InChI is InChI=1S/C18H33N7O5/c1-10(2)14(19)17(30)25-8-4-6-12(25)16(29)24-11(5-3-7-22-18(20)21)15(28)23-9-13(26)27/h10-12,14H,3-9,19H2,1-2H3,(H,23,28)(H,24,29)(H,26,27)(H4,20,21,22). The van der Waals surface area contributed by atoms with Crippen LogP contribution in [0, 0.1) is 5.92 Å². The number of nitrogens with one attached hydrogen (secondary N) is 2. The molecule has 1 fully saturated rings. The van der Waals surface area contributed by atoms with Crippen LogP contribution in [-0.2, 0) is 19.2 Å². The maximum Gasteiger partial charge on any atom is 0.322 e. The highest BCUT2D eigenvalue weighted by molar-refractivity contribution is 5.94. The predicted molar refractivity (Wildman–Crippen MR) is 110 cm³/mol. The van der Waals surface area contributed by atoms with Crippen LogP contribution in [0.5, 0.6) is 0 Å². The van der Waals surface area contributed by atoms with E-state index in [4.69, 9.17) is 22.3 Å². The number of aliphatic carboxylic acids is 1. The summed E-state index contributed by atoms with van der Waals surface area (Å²) in [6, 6.07) is -2.43. The number of nitrogens with two attached hydrogens (primary N) is 3. The fourth-order valence-corrected chi connectivity index (χ4v) is 3.11. The van der Waals surface area contributed by atoms with E-state index in [9.17, 15) is 19.2 Å². The monoisotopic (exact) mass is 427 g/mol. The zero-order valence-electron chi connectivity index (χ0n) is 17.5. The molecule has 0 aromatic carbocycles. The summed E-state index contributed by atoms with van der Waals surface area (Å²) < 4.78 is 0. The first-order valence-corrected chi connectivity index (χ1v) is 9.95. The second-order valence-corrected chi connectivity index (χ2v) is 7.58. The summed E-state index contributed by atoms with van der Waals surface area (Å²) in [5.74, 6) is -2.79. The number of hydrogen-bond acceptors (Lipinski definition) is 6. The lowest BCUT2D eigenvalue weighted by Gasteiger charge is -2.29. The van der Waals surface area contributed by atoms with Crippen molar-refractivity contribution in [1.82, 2.24) is 15.5 Å². The molecule has 1 aliphatic rings. The molecule has 1 heterocycles. The number of likely N-dealkylation sites (tertiary alicyclic amines) is 1. The van der Waals surface area contributed by atoms with Gasteiger partial charge in [0.2, 0.25) is 17.7 Å². The zero-order chi connectivity index (χ0) is 22.8. The number of carboxylic acid groups (broad SMARTS) is 1. The van der Waals surface area contributed by atoms with E-state index in [0.29, 0.717) is 25.8 Å². The number of guanidine groups is 1. The quantitative estimate of drug-likeness (QED) is 0.120. The molecule has 1 rings (SSSR count). The molecule has 0 saturated carbocycles. The van der Waals surface area contributed by atoms with Crippen LogP contribution in [-0.4, -0.2) is 77.4 Å². The van der Waals surface area contributed by atoms with Gasteiger partial charge in [0.05, 0.1) is 6.04 Å². The molecule has 0 radical (unpaired) electrons. The van der Waals surface area contributed by atoms with E-state index in [0.717, 1.165) is 0 Å². The molecule has 12 nitrogen and oxygen atoms in total. The van der Waals surface area contributed by atoms with E-state index in [2.05, 4.69) is 15.6 Å². The second kappa shape index (κ2) is 12.0. The third-order valence-electron chi connectivity index (χ3n) is 4.83. The molecule has 3 atom stereocenters. The molecule has 0 bridgehead atoms. The molecule has 30 heavy (non-hydrogen) atoms. The molecule has 9 N–H and O–H groups in total. The zero-order valence-corrected chi connectivity index (χ0v) is 17.5. The fourth-order valence-electron chi connectivity index (χ4n) is 3.11. The van der Waals surface area contributed by atoms with E-state index in [1.807, 2.05) is 13.8 Å². The van der Waals surface area contributed by atoms with Crippen molar-refractivity contribution >= 4 is 29.7 Å². The largest absolute Gasteiger partial charge is 0.480 e. The van der Waals surface area contributed by atoms with Gasteiger partial charge in [-0.1, -0.05) is 13.8 Å². The van der Waals surface area contributed by atoms with E-state index < -0.39 is 42.5 Å². The van der Waals surface area contributed by atoms with Gasteiger partial charge in [-0.25, -0.2) is 0 Å². The van der Waals surface area contributed by atoms with Crippen molar-refractivity contribution in [2.75, 3.05) is 19.6 Å². The smallest absolute Gasteiger partial charge is 0.322 e. The van der Waals surface area contributed by atoms with E-state index in [1.165, 1.54) is 4.90 Å². The van der Waals surface area contributed by atoms with Gasteiger partial charge in [-0.15, -0.1) is 0 Å². The predicted octanol–water partition coefficient (Wildman–Crippen LogP) is -2.30. The Morgan fingerprint density at radius 1 is 1.23 bits per heavy atom. The van der Waals surface area contributed by atoms with Crippen molar-refractivity contribution in [2.45, 2.75) is 57.7 Å². The number of nitrogens with zero attached hydrogens (tertiary/aromatic N) is 2. The third kappa shape index (κ3) is 7.85. The fraction of sp³-hybridized carbons (Fsp3) is 0.722. The Morgan fingerprint density at radius 3 is 2.47 bits per heavy atom. The van der Waals surface area contributed by atoms with Gasteiger partial charge in [-0.3, -0.25) is 24.2 Å². The van der Waals surface area contributed by atoms with E-state index in [1.54, 1.807) is 0 Å². The van der Waals surface area contributed by atoms with Crippen LogP contribution < -0.4 is 27.8 Å². The number of rotatable bonds is 11. The highest BCUT2D eigenvalue weighted by atomic mass is 16.4. The van der Waals surface area contributed by atoms with Crippen LogP contribution >= 0.6 is 0 Å². The first kappa shape index (κ1) is 25.1. The topological polar surface area (TPSA) is 206 Å². The Hall–Kier alpha value is -2.89. The molecule has 3 unspecified atom stereocenters. The van der Waals surface area contributed by atoms with Gasteiger partial charge in [-0.05, 0) is 31.6 Å². The lowest BCUT2D eigenvalue weighted by Crippen LogP contribution is -2.56. The number of carboxylic acids is 1. The average Bonchev–Trinajstić information content (AvgIpc) is 3.16. The highest BCUT2D eigenvalue weighted by Gasteiger charge is 2.38. The van der Waals surface area contributed by atoms with Crippen molar-refractivity contribution in [2.24, 2.45) is 28.1 Å². The second-order valence-electron chi connectivity index (χ2n) is 7.58. The minimum Gasteiger partial charge on any atom is -0.480 e. The summed E-state index contributed by atoms with van der Waals surface area (Å²) >= 11 is 0. The summed E-state index contributed by atoms with van der Waals surface area (Å²) in [7, 11) is 0. The van der Waals surface area contributed by atoms with Crippen LogP contribution in [0.4, 0.5) is 0 Å². The van der Waals surface area contributed by atoms with Crippen molar-refractivity contribution < 1.29 is 24.3 Å². The number of hydrogen-bond donors (Lipinski definition) is 6. The first-order chi connectivity index (χ1) is 14.0. The van der Waals surface area contributed by atoms with Crippen molar-refractivity contribution in [3.05, 3.63) is 0 Å². The molecular weight excluding hydrogens is 394 g/mol. The molecule has 1 saturated heterocycles. The average molecular weight is 428 g/mol. The van der Waals surface area contributed by atoms with Crippen LogP contribution in [0.25, 0.3) is 0 Å². The molecule has 0 aromatic rings. The Morgan fingerprint density at radius 2 is 1.90 bits per heavy atom. The van der Waals surface area contributed by atoms with Crippen LogP contribution in [0.2, 0.25) is 0 Å². The summed E-state index contributed by atoms with van der Waals surface area (Å²) in [4.78, 5) is 53.8. The summed E-state index contributed by atoms with van der Waals surface area (Å²) in [5, 5.41) is 13.7. The van der Waals surface area contributed by atoms with Crippen molar-refractivity contribution in [3.8, 4) is 0 Å². The summed E-state index contributed by atoms with van der Waals surface area (Å²) in [6.45, 7) is 3.74. The van der Waals surface area contributed by atoms with E-state index >= 15 is 0 Å². The summed E-state index contributed by atoms with van der Waals surface area (Å²) in [6.07, 6.45) is 1.68. The molecular formula is C18H33N7O5. The number of amides is 3. The van der Waals surface area contributed by atoms with Crippen molar-refractivity contribution in [1.29, 1.82) is 0 Å². The Balaban J connectivity index is 2.82. The Labute approximate surface area is 175 Å². The molecule has 0 spiro atoms. The van der Waals surface area contributed by atoms with Crippen molar-refractivity contribution in [3.63, 3.8) is 0 Å². The van der Waals surface area contributed by atoms with E-state index in [-0.39, 0.29) is 30.8 Å². The van der Waals surface area contributed by atoms with Crippen LogP contribution in [0.3, 0.4) is 0 Å². The Kier molecular flexibility index (Phi) is 10.0. The van der Waals surface area contributed by atoms with Gasteiger partial charge in [0.15, 0.2) is 5.96 Å². The Bertz CT molecular complexity index is 663. The molecule has 170 valence electrons. The summed E-state index contributed by atoms with van der Waals surface area (Å²) in [5.41, 5.74) is 16.5. The van der Waals surface area contributed by atoms with Crippen LogP contribution in [0.1, 0.15) is 39.5 Å². The maximum absolute atomic E-state index is 12.8. The minimum absolute atomic E-state index is 0.0770. The lowest BCUT2D eigenvalue weighted by molar-refractivity contribution is -0.141. The van der Waals surface area contributed by atoms with Crippen LogP contribution in [0.15, 0.2) is 4.99 Å². The van der Waals surface area contributed by atoms with Gasteiger partial charge in [0, 0.05) is 13.1 Å². The normalized spacial score (nSPS) is 17.9. The van der Waals surface area contributed by atoms with Gasteiger partial charge in [0.1, 0.15) is 18.6 Å². The minimum atomic E-state index is -1.20. The highest BCUT2D eigenvalue weighted by Crippen LogP contribution is 2.20. The molecule has 0 aromatic heterocycles. The number of carbonyl (C=O) groups is 4. The van der Waals surface area contributed by atoms with Gasteiger partial charge < -0.3 is 37.8 Å². The molecule has 0 aliphatic carbocycles. The molecule has 3 amide bonds. The van der Waals surface area contributed by atoms with Gasteiger partial charge >= 0.3 is 5.97 Å². The van der Waals surface area contributed by atoms with Gasteiger partial charge in [-0.2, -0.15) is 0 Å². The maximum atomic E-state index is 12.8. The first-order valence-electron chi connectivity index (χ1n) is 9.95. The number of carbonyl (C=O) groups excluding carboxylic acids is 3. The lowest BCUT2D eigenvalue weighted by atomic mass is 10.0. The molecule has 1 aliphatic heterocycles. The third-order valence-corrected chi connectivity index (χ3v) is 4.83. The molecule has 12 heteroatoms.